The topological polar surface area (TPSA) is 44.7 Å². The monoisotopic (exact) mass is 216 g/mol. The fourth-order valence-electron chi connectivity index (χ4n) is 2.03. The van der Waals surface area contributed by atoms with Gasteiger partial charge in [0.05, 0.1) is 5.60 Å². The van der Waals surface area contributed by atoms with Crippen molar-refractivity contribution in [3.63, 3.8) is 0 Å². The molecule has 1 aliphatic rings. The lowest BCUT2D eigenvalue weighted by Crippen LogP contribution is -2.43. The van der Waals surface area contributed by atoms with Crippen molar-refractivity contribution in [1.29, 1.82) is 0 Å². The molecule has 0 aromatic heterocycles. The summed E-state index contributed by atoms with van der Waals surface area (Å²) in [6.45, 7) is 7.02. The summed E-state index contributed by atoms with van der Waals surface area (Å²) in [5.41, 5.74) is -0.514. The first-order valence-corrected chi connectivity index (χ1v) is 5.86. The number of β-amino-alcohol motifs (C(OH)–C–C–N with tert-alkyl or cyclic N) is 1. The number of ether oxygens (including phenoxy) is 1. The summed E-state index contributed by atoms with van der Waals surface area (Å²) in [7, 11) is 2.06. The third-order valence-electron chi connectivity index (χ3n) is 2.82. The number of hydrogen-bond acceptors (Lipinski definition) is 4. The molecule has 15 heavy (non-hydrogen) atoms. The Kier molecular flexibility index (Phi) is 5.53. The summed E-state index contributed by atoms with van der Waals surface area (Å²) in [6, 6.07) is 0. The van der Waals surface area contributed by atoms with Crippen LogP contribution < -0.4 is 5.32 Å². The van der Waals surface area contributed by atoms with Crippen molar-refractivity contribution in [2.75, 3.05) is 46.4 Å². The molecule has 0 aliphatic carbocycles. The molecule has 1 unspecified atom stereocenters. The van der Waals surface area contributed by atoms with E-state index in [-0.39, 0.29) is 0 Å². The van der Waals surface area contributed by atoms with Crippen LogP contribution in [0.3, 0.4) is 0 Å². The van der Waals surface area contributed by atoms with Gasteiger partial charge < -0.3 is 20.1 Å². The molecule has 1 rings (SSSR count). The molecule has 1 fully saturated rings. The second-order valence-electron chi connectivity index (χ2n) is 4.44. The number of nitrogens with zero attached hydrogens (tertiary/aromatic N) is 1. The molecule has 2 N–H and O–H groups in total. The van der Waals surface area contributed by atoms with Crippen molar-refractivity contribution < 1.29 is 9.84 Å². The molecule has 1 atom stereocenters. The lowest BCUT2D eigenvalue weighted by atomic mass is 10.0. The normalized spacial score (nSPS) is 26.4. The van der Waals surface area contributed by atoms with Gasteiger partial charge in [-0.2, -0.15) is 0 Å². The van der Waals surface area contributed by atoms with Gasteiger partial charge in [-0.05, 0) is 33.4 Å². The van der Waals surface area contributed by atoms with Gasteiger partial charge in [-0.1, -0.05) is 0 Å². The maximum atomic E-state index is 10.1. The van der Waals surface area contributed by atoms with Crippen molar-refractivity contribution in [3.05, 3.63) is 0 Å². The number of nitrogens with one attached hydrogen (secondary N) is 1. The molecule has 4 heteroatoms. The summed E-state index contributed by atoms with van der Waals surface area (Å²) >= 11 is 0. The highest BCUT2D eigenvalue weighted by atomic mass is 16.5. The van der Waals surface area contributed by atoms with Crippen LogP contribution in [0.4, 0.5) is 0 Å². The van der Waals surface area contributed by atoms with Gasteiger partial charge in [0.2, 0.25) is 0 Å². The number of aliphatic hydroxyl groups is 1. The predicted octanol–water partition coefficient (Wildman–Crippen LogP) is 0.0692. The Morgan fingerprint density at radius 1 is 1.53 bits per heavy atom. The SMILES string of the molecule is CCOCCCN(C)CC1(O)CCNC1. The molecule has 1 saturated heterocycles. The zero-order valence-electron chi connectivity index (χ0n) is 9.96. The van der Waals surface area contributed by atoms with Crippen LogP contribution >= 0.6 is 0 Å². The van der Waals surface area contributed by atoms with E-state index >= 15 is 0 Å². The average Bonchev–Trinajstić information content (AvgIpc) is 2.59. The minimum atomic E-state index is -0.514. The minimum absolute atomic E-state index is 0.514. The summed E-state index contributed by atoms with van der Waals surface area (Å²) in [4.78, 5) is 2.19. The molecule has 0 spiro atoms. The first-order valence-electron chi connectivity index (χ1n) is 5.86. The highest BCUT2D eigenvalue weighted by Gasteiger charge is 2.31. The molecule has 0 saturated carbocycles. The van der Waals surface area contributed by atoms with E-state index < -0.39 is 5.60 Å². The molecule has 0 aromatic carbocycles. The van der Waals surface area contributed by atoms with E-state index in [1.165, 1.54) is 0 Å². The lowest BCUT2D eigenvalue weighted by molar-refractivity contribution is 0.0256. The van der Waals surface area contributed by atoms with Gasteiger partial charge in [0, 0.05) is 32.8 Å². The Labute approximate surface area is 92.6 Å². The second kappa shape index (κ2) is 6.43. The van der Waals surface area contributed by atoms with Crippen LogP contribution in [0.2, 0.25) is 0 Å². The Bertz CT molecular complexity index is 170. The fraction of sp³-hybridized carbons (Fsp3) is 1.00. The Morgan fingerprint density at radius 3 is 2.93 bits per heavy atom. The lowest BCUT2D eigenvalue weighted by Gasteiger charge is -2.27. The van der Waals surface area contributed by atoms with E-state index in [0.717, 1.165) is 52.2 Å². The second-order valence-corrected chi connectivity index (χ2v) is 4.44. The van der Waals surface area contributed by atoms with Crippen LogP contribution in [0.15, 0.2) is 0 Å². The standard InChI is InChI=1S/C11H24N2O2/c1-3-15-8-4-7-13(2)10-11(14)5-6-12-9-11/h12,14H,3-10H2,1-2H3. The molecule has 4 nitrogen and oxygen atoms in total. The summed E-state index contributed by atoms with van der Waals surface area (Å²) in [5, 5.41) is 13.3. The Hall–Kier alpha value is -0.160. The molecule has 0 bridgehead atoms. The van der Waals surface area contributed by atoms with Crippen LogP contribution in [0.5, 0.6) is 0 Å². The van der Waals surface area contributed by atoms with Gasteiger partial charge in [0.15, 0.2) is 0 Å². The number of rotatable bonds is 7. The van der Waals surface area contributed by atoms with E-state index in [1.54, 1.807) is 0 Å². The van der Waals surface area contributed by atoms with Crippen LogP contribution in [0, 0.1) is 0 Å². The predicted molar refractivity (Wildman–Crippen MR) is 61.0 cm³/mol. The largest absolute Gasteiger partial charge is 0.387 e. The quantitative estimate of drug-likeness (QED) is 0.591. The molecule has 0 radical (unpaired) electrons. The highest BCUT2D eigenvalue weighted by molar-refractivity contribution is 4.89. The molecule has 90 valence electrons. The molecule has 0 aromatic rings. The molecule has 0 amide bonds. The van der Waals surface area contributed by atoms with Gasteiger partial charge in [0.1, 0.15) is 0 Å². The minimum Gasteiger partial charge on any atom is -0.387 e. The molecular formula is C11H24N2O2. The van der Waals surface area contributed by atoms with Gasteiger partial charge in [-0.3, -0.25) is 0 Å². The van der Waals surface area contributed by atoms with Gasteiger partial charge >= 0.3 is 0 Å². The summed E-state index contributed by atoms with van der Waals surface area (Å²) < 4.78 is 5.28. The first kappa shape index (κ1) is 12.9. The van der Waals surface area contributed by atoms with E-state index in [1.807, 2.05) is 6.92 Å². The molecule has 1 heterocycles. The molecular weight excluding hydrogens is 192 g/mol. The van der Waals surface area contributed by atoms with Gasteiger partial charge in [-0.25, -0.2) is 0 Å². The zero-order chi connectivity index (χ0) is 11.1. The van der Waals surface area contributed by atoms with Crippen LogP contribution in [-0.2, 0) is 4.74 Å². The van der Waals surface area contributed by atoms with E-state index in [2.05, 4.69) is 17.3 Å². The van der Waals surface area contributed by atoms with Crippen molar-refractivity contribution in [3.8, 4) is 0 Å². The third-order valence-corrected chi connectivity index (χ3v) is 2.82. The maximum Gasteiger partial charge on any atom is 0.0909 e. The molecule has 1 aliphatic heterocycles. The third kappa shape index (κ3) is 4.93. The zero-order valence-corrected chi connectivity index (χ0v) is 9.96. The smallest absolute Gasteiger partial charge is 0.0909 e. The van der Waals surface area contributed by atoms with Gasteiger partial charge in [-0.15, -0.1) is 0 Å². The van der Waals surface area contributed by atoms with E-state index in [9.17, 15) is 5.11 Å². The number of hydrogen-bond donors (Lipinski definition) is 2. The maximum absolute atomic E-state index is 10.1. The highest BCUT2D eigenvalue weighted by Crippen LogP contribution is 2.15. The Morgan fingerprint density at radius 2 is 2.33 bits per heavy atom. The van der Waals surface area contributed by atoms with Crippen molar-refractivity contribution in [2.24, 2.45) is 0 Å². The van der Waals surface area contributed by atoms with Crippen molar-refractivity contribution in [2.45, 2.75) is 25.4 Å². The van der Waals surface area contributed by atoms with Crippen molar-refractivity contribution >= 4 is 0 Å². The van der Waals surface area contributed by atoms with Crippen molar-refractivity contribution in [1.82, 2.24) is 10.2 Å². The summed E-state index contributed by atoms with van der Waals surface area (Å²) in [6.07, 6.45) is 1.90. The van der Waals surface area contributed by atoms with Gasteiger partial charge in [0.25, 0.3) is 0 Å². The Balaban J connectivity index is 2.09. The van der Waals surface area contributed by atoms with E-state index in [4.69, 9.17) is 4.74 Å². The summed E-state index contributed by atoms with van der Waals surface area (Å²) in [5.74, 6) is 0. The van der Waals surface area contributed by atoms with Crippen LogP contribution in [-0.4, -0.2) is 62.0 Å². The fourth-order valence-corrected chi connectivity index (χ4v) is 2.03. The van der Waals surface area contributed by atoms with E-state index in [0.29, 0.717) is 0 Å². The first-order chi connectivity index (χ1) is 7.16. The number of likely N-dealkylation sites (N-methyl/N-ethyl adjacent to an activating group) is 1. The average molecular weight is 216 g/mol. The van der Waals surface area contributed by atoms with Crippen LogP contribution in [0.1, 0.15) is 19.8 Å². The van der Waals surface area contributed by atoms with Crippen LogP contribution in [0.25, 0.3) is 0 Å².